The lowest BCUT2D eigenvalue weighted by Crippen LogP contribution is -2.33. The maximum absolute atomic E-state index is 6.33. The molecule has 0 radical (unpaired) electrons. The molecule has 2 aromatic carbocycles. The normalized spacial score (nSPS) is 24.3. The number of aromatic nitrogens is 1. The van der Waals surface area contributed by atoms with Crippen LogP contribution in [0.4, 0.5) is 0 Å². The fraction of sp³-hybridized carbons (Fsp3) is 0.333. The van der Waals surface area contributed by atoms with Gasteiger partial charge in [-0.15, -0.1) is 0 Å². The molecule has 3 atom stereocenters. The first-order valence-electron chi connectivity index (χ1n) is 8.86. The molecule has 0 saturated heterocycles. The van der Waals surface area contributed by atoms with E-state index in [4.69, 9.17) is 11.5 Å². The molecule has 1 aliphatic rings. The van der Waals surface area contributed by atoms with Crippen LogP contribution in [0.15, 0.2) is 60.8 Å². The molecular weight excluding hydrogens is 294 g/mol. The molecule has 1 fully saturated rings. The van der Waals surface area contributed by atoms with Gasteiger partial charge >= 0.3 is 0 Å². The number of benzene rings is 2. The Morgan fingerprint density at radius 1 is 0.958 bits per heavy atom. The van der Waals surface area contributed by atoms with Gasteiger partial charge in [0.15, 0.2) is 0 Å². The second-order valence-corrected chi connectivity index (χ2v) is 6.97. The summed E-state index contributed by atoms with van der Waals surface area (Å²) in [6, 6.07) is 20.4. The Bertz CT molecular complexity index is 818. The van der Waals surface area contributed by atoms with Crippen LogP contribution >= 0.6 is 0 Å². The third-order valence-electron chi connectivity index (χ3n) is 5.49. The van der Waals surface area contributed by atoms with Crippen LogP contribution in [0.5, 0.6) is 0 Å². The highest BCUT2D eigenvalue weighted by Crippen LogP contribution is 2.42. The van der Waals surface area contributed by atoms with Crippen LogP contribution in [0.2, 0.25) is 0 Å². The summed E-state index contributed by atoms with van der Waals surface area (Å²) < 4.78 is 2.44. The molecule has 1 saturated carbocycles. The molecule has 1 heterocycles. The Balaban J connectivity index is 1.74. The SMILES string of the molecule is NCc1ccc(C2CCC(N)CC2n2ccc3ccccc32)cc1. The Morgan fingerprint density at radius 2 is 1.75 bits per heavy atom. The average molecular weight is 319 g/mol. The first-order chi connectivity index (χ1) is 11.8. The van der Waals surface area contributed by atoms with Crippen molar-refractivity contribution in [1.29, 1.82) is 0 Å². The summed E-state index contributed by atoms with van der Waals surface area (Å²) in [4.78, 5) is 0. The van der Waals surface area contributed by atoms with Crippen LogP contribution in [0.3, 0.4) is 0 Å². The van der Waals surface area contributed by atoms with Gasteiger partial charge in [0.2, 0.25) is 0 Å². The van der Waals surface area contributed by atoms with Gasteiger partial charge in [-0.3, -0.25) is 0 Å². The lowest BCUT2D eigenvalue weighted by atomic mass is 9.77. The van der Waals surface area contributed by atoms with E-state index in [2.05, 4.69) is 65.4 Å². The minimum Gasteiger partial charge on any atom is -0.344 e. The summed E-state index contributed by atoms with van der Waals surface area (Å²) in [6.45, 7) is 0.599. The predicted molar refractivity (Wildman–Crippen MR) is 99.9 cm³/mol. The van der Waals surface area contributed by atoms with Crippen LogP contribution in [-0.4, -0.2) is 10.6 Å². The summed E-state index contributed by atoms with van der Waals surface area (Å²) in [7, 11) is 0. The molecule has 1 aromatic heterocycles. The van der Waals surface area contributed by atoms with E-state index in [1.54, 1.807) is 0 Å². The minimum absolute atomic E-state index is 0.288. The number of para-hydroxylation sites is 1. The first-order valence-corrected chi connectivity index (χ1v) is 8.86. The van der Waals surface area contributed by atoms with E-state index in [1.165, 1.54) is 22.0 Å². The zero-order chi connectivity index (χ0) is 16.5. The van der Waals surface area contributed by atoms with Crippen molar-refractivity contribution in [2.75, 3.05) is 0 Å². The summed E-state index contributed by atoms with van der Waals surface area (Å²) in [5.41, 5.74) is 16.0. The highest BCUT2D eigenvalue weighted by Gasteiger charge is 2.31. The number of hydrogen-bond acceptors (Lipinski definition) is 2. The van der Waals surface area contributed by atoms with Crippen LogP contribution in [0.1, 0.15) is 42.3 Å². The molecule has 3 nitrogen and oxygen atoms in total. The third-order valence-corrected chi connectivity index (χ3v) is 5.49. The van der Waals surface area contributed by atoms with Gasteiger partial charge in [0.25, 0.3) is 0 Å². The molecule has 0 bridgehead atoms. The highest BCUT2D eigenvalue weighted by molar-refractivity contribution is 5.80. The van der Waals surface area contributed by atoms with Crippen LogP contribution in [-0.2, 0) is 6.54 Å². The number of nitrogens with zero attached hydrogens (tertiary/aromatic N) is 1. The lowest BCUT2D eigenvalue weighted by molar-refractivity contribution is 0.283. The zero-order valence-corrected chi connectivity index (χ0v) is 13.9. The molecule has 124 valence electrons. The maximum atomic E-state index is 6.33. The lowest BCUT2D eigenvalue weighted by Gasteiger charge is -2.36. The first kappa shape index (κ1) is 15.4. The largest absolute Gasteiger partial charge is 0.344 e. The molecule has 1 aliphatic carbocycles. The van der Waals surface area contributed by atoms with Crippen molar-refractivity contribution in [3.63, 3.8) is 0 Å². The fourth-order valence-electron chi connectivity index (χ4n) is 4.17. The summed E-state index contributed by atoms with van der Waals surface area (Å²) in [5, 5.41) is 1.30. The maximum Gasteiger partial charge on any atom is 0.0483 e. The standard InChI is InChI=1S/C21H25N3/c22-14-15-5-7-16(8-6-15)19-10-9-18(23)13-21(19)24-12-11-17-3-1-2-4-20(17)24/h1-8,11-12,18-19,21H,9-10,13-14,22-23H2. The smallest absolute Gasteiger partial charge is 0.0483 e. The van der Waals surface area contributed by atoms with Crippen LogP contribution < -0.4 is 11.5 Å². The monoisotopic (exact) mass is 319 g/mol. The van der Waals surface area contributed by atoms with Crippen molar-refractivity contribution in [1.82, 2.24) is 4.57 Å². The van der Waals surface area contributed by atoms with Crippen molar-refractivity contribution in [2.24, 2.45) is 11.5 Å². The summed E-state index contributed by atoms with van der Waals surface area (Å²) >= 11 is 0. The van der Waals surface area contributed by atoms with Gasteiger partial charge < -0.3 is 16.0 Å². The van der Waals surface area contributed by atoms with Gasteiger partial charge in [-0.25, -0.2) is 0 Å². The van der Waals surface area contributed by atoms with Gasteiger partial charge in [-0.2, -0.15) is 0 Å². The fourth-order valence-corrected chi connectivity index (χ4v) is 4.17. The van der Waals surface area contributed by atoms with Crippen molar-refractivity contribution in [3.8, 4) is 0 Å². The third kappa shape index (κ3) is 2.74. The van der Waals surface area contributed by atoms with E-state index >= 15 is 0 Å². The van der Waals surface area contributed by atoms with E-state index in [0.717, 1.165) is 19.3 Å². The topological polar surface area (TPSA) is 57.0 Å². The molecule has 0 spiro atoms. The predicted octanol–water partition coefficient (Wildman–Crippen LogP) is 3.94. The molecule has 4 rings (SSSR count). The van der Waals surface area contributed by atoms with Gasteiger partial charge in [-0.1, -0.05) is 42.5 Å². The Morgan fingerprint density at radius 3 is 2.54 bits per heavy atom. The van der Waals surface area contributed by atoms with E-state index < -0.39 is 0 Å². The van der Waals surface area contributed by atoms with Gasteiger partial charge in [0, 0.05) is 36.3 Å². The quantitative estimate of drug-likeness (QED) is 0.768. The van der Waals surface area contributed by atoms with Crippen molar-refractivity contribution in [3.05, 3.63) is 71.9 Å². The molecule has 0 amide bonds. The zero-order valence-electron chi connectivity index (χ0n) is 13.9. The van der Waals surface area contributed by atoms with E-state index in [1.807, 2.05) is 0 Å². The number of rotatable bonds is 3. The second kappa shape index (κ2) is 6.42. The van der Waals surface area contributed by atoms with Crippen molar-refractivity contribution < 1.29 is 0 Å². The van der Waals surface area contributed by atoms with Crippen molar-refractivity contribution in [2.45, 2.75) is 43.8 Å². The molecule has 3 heteroatoms. The average Bonchev–Trinajstić information content (AvgIpc) is 3.06. The summed E-state index contributed by atoms with van der Waals surface area (Å²) in [5.74, 6) is 0.507. The van der Waals surface area contributed by atoms with Crippen LogP contribution in [0, 0.1) is 0 Å². The molecule has 3 unspecified atom stereocenters. The van der Waals surface area contributed by atoms with E-state index in [0.29, 0.717) is 18.5 Å². The Kier molecular flexibility index (Phi) is 4.13. The van der Waals surface area contributed by atoms with Crippen LogP contribution in [0.25, 0.3) is 10.9 Å². The van der Waals surface area contributed by atoms with Crippen molar-refractivity contribution >= 4 is 10.9 Å². The molecule has 3 aromatic rings. The Hall–Kier alpha value is -2.10. The molecule has 0 aliphatic heterocycles. The van der Waals surface area contributed by atoms with Gasteiger partial charge in [-0.05, 0) is 47.9 Å². The van der Waals surface area contributed by atoms with Gasteiger partial charge in [0.1, 0.15) is 0 Å². The number of hydrogen-bond donors (Lipinski definition) is 2. The number of nitrogens with two attached hydrogens (primary N) is 2. The number of fused-ring (bicyclic) bond motifs is 1. The van der Waals surface area contributed by atoms with E-state index in [9.17, 15) is 0 Å². The highest BCUT2D eigenvalue weighted by atomic mass is 15.0. The molecule has 24 heavy (non-hydrogen) atoms. The van der Waals surface area contributed by atoms with Gasteiger partial charge in [0.05, 0.1) is 0 Å². The minimum atomic E-state index is 0.288. The van der Waals surface area contributed by atoms with E-state index in [-0.39, 0.29) is 6.04 Å². The second-order valence-electron chi connectivity index (χ2n) is 6.97. The molecule has 4 N–H and O–H groups in total. The Labute approximate surface area is 143 Å². The summed E-state index contributed by atoms with van der Waals surface area (Å²) in [6.07, 6.45) is 5.50. The molecular formula is C21H25N3.